The molecule has 0 aliphatic carbocycles. The van der Waals surface area contributed by atoms with Gasteiger partial charge in [0.15, 0.2) is 6.10 Å². The first-order valence-corrected chi connectivity index (χ1v) is 8.75. The molecule has 4 heteroatoms. The van der Waals surface area contributed by atoms with E-state index < -0.39 is 6.10 Å². The first-order chi connectivity index (χ1) is 12.1. The molecule has 0 radical (unpaired) electrons. The molecule has 2 aromatic carbocycles. The van der Waals surface area contributed by atoms with E-state index in [1.807, 2.05) is 62.4 Å². The van der Waals surface area contributed by atoms with Crippen LogP contribution in [0.25, 0.3) is 0 Å². The maximum atomic E-state index is 12.7. The van der Waals surface area contributed by atoms with E-state index in [0.29, 0.717) is 6.42 Å². The molecule has 0 fully saturated rings. The lowest BCUT2D eigenvalue weighted by atomic mass is 10.0. The highest BCUT2D eigenvalue weighted by Gasteiger charge is 2.22. The molecule has 2 aromatic rings. The molecule has 0 aliphatic rings. The topological polar surface area (TPSA) is 47.6 Å². The maximum absolute atomic E-state index is 12.7. The van der Waals surface area contributed by atoms with Crippen molar-refractivity contribution >= 4 is 5.91 Å². The summed E-state index contributed by atoms with van der Waals surface area (Å²) in [5.74, 6) is 1.44. The normalized spacial score (nSPS) is 13.0. The van der Waals surface area contributed by atoms with Crippen molar-refractivity contribution in [2.75, 3.05) is 7.11 Å². The minimum Gasteiger partial charge on any atom is -0.497 e. The average Bonchev–Trinajstić information content (AvgIpc) is 2.64. The molecule has 0 saturated heterocycles. The van der Waals surface area contributed by atoms with Gasteiger partial charge >= 0.3 is 0 Å². The van der Waals surface area contributed by atoms with E-state index >= 15 is 0 Å². The molecule has 0 bridgehead atoms. The van der Waals surface area contributed by atoms with Crippen LogP contribution in [-0.2, 0) is 4.79 Å². The van der Waals surface area contributed by atoms with E-state index in [2.05, 4.69) is 12.2 Å². The first-order valence-electron chi connectivity index (χ1n) is 8.75. The van der Waals surface area contributed by atoms with Crippen LogP contribution < -0.4 is 14.8 Å². The third-order valence-electron chi connectivity index (χ3n) is 4.17. The van der Waals surface area contributed by atoms with Gasteiger partial charge in [0.1, 0.15) is 11.5 Å². The smallest absolute Gasteiger partial charge is 0.261 e. The van der Waals surface area contributed by atoms with Gasteiger partial charge in [-0.1, -0.05) is 38.1 Å². The number of benzene rings is 2. The van der Waals surface area contributed by atoms with Crippen LogP contribution in [-0.4, -0.2) is 19.1 Å². The van der Waals surface area contributed by atoms with Crippen LogP contribution in [0.4, 0.5) is 0 Å². The molecule has 1 N–H and O–H groups in total. The van der Waals surface area contributed by atoms with E-state index in [1.54, 1.807) is 7.11 Å². The number of ether oxygens (including phenoxy) is 2. The number of hydrogen-bond donors (Lipinski definition) is 1. The molecule has 1 amide bonds. The van der Waals surface area contributed by atoms with Crippen molar-refractivity contribution in [3.05, 3.63) is 59.7 Å². The van der Waals surface area contributed by atoms with Gasteiger partial charge in [-0.15, -0.1) is 0 Å². The molecule has 0 aromatic heterocycles. The zero-order valence-corrected chi connectivity index (χ0v) is 15.4. The van der Waals surface area contributed by atoms with Crippen molar-refractivity contribution in [1.29, 1.82) is 0 Å². The monoisotopic (exact) mass is 341 g/mol. The van der Waals surface area contributed by atoms with Gasteiger partial charge in [0.25, 0.3) is 5.91 Å². The first kappa shape index (κ1) is 18.8. The second-order valence-corrected chi connectivity index (χ2v) is 6.07. The summed E-state index contributed by atoms with van der Waals surface area (Å²) in [6, 6.07) is 15.5. The second kappa shape index (κ2) is 9.11. The lowest BCUT2D eigenvalue weighted by molar-refractivity contribution is -0.128. The Morgan fingerprint density at radius 1 is 1.04 bits per heavy atom. The summed E-state index contributed by atoms with van der Waals surface area (Å²) in [7, 11) is 1.64. The summed E-state index contributed by atoms with van der Waals surface area (Å²) < 4.78 is 11.1. The Hall–Kier alpha value is -2.49. The Morgan fingerprint density at radius 2 is 1.76 bits per heavy atom. The number of carbonyl (C=O) groups is 1. The molecule has 25 heavy (non-hydrogen) atoms. The van der Waals surface area contributed by atoms with Gasteiger partial charge in [0.2, 0.25) is 0 Å². The van der Waals surface area contributed by atoms with Crippen LogP contribution in [0.3, 0.4) is 0 Å². The molecular weight excluding hydrogens is 314 g/mol. The van der Waals surface area contributed by atoms with Crippen molar-refractivity contribution < 1.29 is 14.3 Å². The highest BCUT2D eigenvalue weighted by atomic mass is 16.5. The van der Waals surface area contributed by atoms with Crippen LogP contribution in [0.5, 0.6) is 11.5 Å². The summed E-state index contributed by atoms with van der Waals surface area (Å²) in [6.45, 7) is 6.01. The fraction of sp³-hybridized carbons (Fsp3) is 0.381. The Morgan fingerprint density at radius 3 is 2.32 bits per heavy atom. The molecule has 0 unspecified atom stereocenters. The maximum Gasteiger partial charge on any atom is 0.261 e. The fourth-order valence-corrected chi connectivity index (χ4v) is 2.70. The Labute approximate surface area is 150 Å². The van der Waals surface area contributed by atoms with Crippen LogP contribution in [0, 0.1) is 6.92 Å². The summed E-state index contributed by atoms with van der Waals surface area (Å²) in [5, 5.41) is 3.10. The van der Waals surface area contributed by atoms with Gasteiger partial charge in [-0.2, -0.15) is 0 Å². The lowest BCUT2D eigenvalue weighted by Gasteiger charge is -2.22. The summed E-state index contributed by atoms with van der Waals surface area (Å²) in [6.07, 6.45) is 0.909. The number of aryl methyl sites for hydroxylation is 1. The second-order valence-electron chi connectivity index (χ2n) is 6.07. The molecule has 2 atom stereocenters. The van der Waals surface area contributed by atoms with Crippen molar-refractivity contribution in [3.63, 3.8) is 0 Å². The molecule has 0 saturated carbocycles. The molecule has 2 rings (SSSR count). The standard InChI is InChI=1S/C21H27NO3/c1-5-19(16-10-12-17(24-4)13-11-16)22-21(23)20(6-2)25-18-9-7-8-15(3)14-18/h7-14,19-20H,5-6H2,1-4H3,(H,22,23)/t19-,20+/m1/s1. The van der Waals surface area contributed by atoms with Gasteiger partial charge in [0, 0.05) is 0 Å². The van der Waals surface area contributed by atoms with E-state index in [1.165, 1.54) is 0 Å². The van der Waals surface area contributed by atoms with Crippen molar-refractivity contribution in [3.8, 4) is 11.5 Å². The van der Waals surface area contributed by atoms with Gasteiger partial charge in [-0.25, -0.2) is 0 Å². The molecule has 134 valence electrons. The van der Waals surface area contributed by atoms with Gasteiger partial charge < -0.3 is 14.8 Å². The van der Waals surface area contributed by atoms with E-state index in [4.69, 9.17) is 9.47 Å². The molecule has 0 heterocycles. The number of carbonyl (C=O) groups excluding carboxylic acids is 1. The molecule has 0 spiro atoms. The number of amides is 1. The minimum atomic E-state index is -0.505. The lowest BCUT2D eigenvalue weighted by Crippen LogP contribution is -2.39. The zero-order chi connectivity index (χ0) is 18.2. The Balaban J connectivity index is 2.05. The van der Waals surface area contributed by atoms with Gasteiger partial charge in [0.05, 0.1) is 13.2 Å². The van der Waals surface area contributed by atoms with Crippen molar-refractivity contribution in [2.45, 2.75) is 45.8 Å². The number of rotatable bonds is 8. The van der Waals surface area contributed by atoms with Crippen LogP contribution in [0.1, 0.15) is 43.9 Å². The Kier molecular flexibility index (Phi) is 6.87. The molecular formula is C21H27NO3. The molecule has 0 aliphatic heterocycles. The average molecular weight is 341 g/mol. The predicted molar refractivity (Wildman–Crippen MR) is 100 cm³/mol. The third-order valence-corrected chi connectivity index (χ3v) is 4.17. The number of hydrogen-bond acceptors (Lipinski definition) is 3. The summed E-state index contributed by atoms with van der Waals surface area (Å²) >= 11 is 0. The highest BCUT2D eigenvalue weighted by Crippen LogP contribution is 2.21. The SMILES string of the molecule is CC[C@H](Oc1cccc(C)c1)C(=O)N[C@H](CC)c1ccc(OC)cc1. The quantitative estimate of drug-likeness (QED) is 0.773. The van der Waals surface area contributed by atoms with Crippen LogP contribution in [0.2, 0.25) is 0 Å². The van der Waals surface area contributed by atoms with E-state index in [-0.39, 0.29) is 11.9 Å². The summed E-state index contributed by atoms with van der Waals surface area (Å²) in [5.41, 5.74) is 2.17. The summed E-state index contributed by atoms with van der Waals surface area (Å²) in [4.78, 5) is 12.7. The number of methoxy groups -OCH3 is 1. The molecule has 4 nitrogen and oxygen atoms in total. The fourth-order valence-electron chi connectivity index (χ4n) is 2.70. The highest BCUT2D eigenvalue weighted by molar-refractivity contribution is 5.81. The van der Waals surface area contributed by atoms with Gasteiger partial charge in [-0.3, -0.25) is 4.79 Å². The minimum absolute atomic E-state index is 0.0476. The predicted octanol–water partition coefficient (Wildman–Crippen LogP) is 4.43. The zero-order valence-electron chi connectivity index (χ0n) is 15.4. The van der Waals surface area contributed by atoms with E-state index in [0.717, 1.165) is 29.0 Å². The number of nitrogens with one attached hydrogen (secondary N) is 1. The van der Waals surface area contributed by atoms with E-state index in [9.17, 15) is 4.79 Å². The van der Waals surface area contributed by atoms with Crippen molar-refractivity contribution in [2.24, 2.45) is 0 Å². The van der Waals surface area contributed by atoms with Crippen LogP contribution >= 0.6 is 0 Å². The van der Waals surface area contributed by atoms with Crippen LogP contribution in [0.15, 0.2) is 48.5 Å². The van der Waals surface area contributed by atoms with Gasteiger partial charge in [-0.05, 0) is 55.2 Å². The largest absolute Gasteiger partial charge is 0.497 e. The Bertz CT molecular complexity index is 682. The third kappa shape index (κ3) is 5.24. The van der Waals surface area contributed by atoms with Crippen molar-refractivity contribution in [1.82, 2.24) is 5.32 Å².